The van der Waals surface area contributed by atoms with Gasteiger partial charge in [0.25, 0.3) is 0 Å². The van der Waals surface area contributed by atoms with Gasteiger partial charge in [0.05, 0.1) is 13.2 Å². The second-order valence-electron chi connectivity index (χ2n) is 7.49. The van der Waals surface area contributed by atoms with E-state index in [1.165, 1.54) is 0 Å². The van der Waals surface area contributed by atoms with Crippen LogP contribution < -0.4 is 10.6 Å². The average Bonchev–Trinajstić information content (AvgIpc) is 3.17. The van der Waals surface area contributed by atoms with Crippen LogP contribution in [0.2, 0.25) is 0 Å². The molecule has 2 N–H and O–H groups in total. The van der Waals surface area contributed by atoms with E-state index in [4.69, 9.17) is 15.2 Å². The molecule has 0 radical (unpaired) electrons. The van der Waals surface area contributed by atoms with Gasteiger partial charge in [-0.1, -0.05) is 0 Å². The topological polar surface area (TPSA) is 96.5 Å². The van der Waals surface area contributed by atoms with Crippen LogP contribution in [0.5, 0.6) is 0 Å². The van der Waals surface area contributed by atoms with Gasteiger partial charge in [-0.25, -0.2) is 9.78 Å². The van der Waals surface area contributed by atoms with Crippen molar-refractivity contribution in [1.82, 2.24) is 14.8 Å². The van der Waals surface area contributed by atoms with Crippen molar-refractivity contribution in [2.45, 2.75) is 26.4 Å². The summed E-state index contributed by atoms with van der Waals surface area (Å²) in [7, 11) is 1.61. The van der Waals surface area contributed by atoms with E-state index in [2.05, 4.69) is 19.8 Å². The van der Waals surface area contributed by atoms with E-state index < -0.39 is 5.60 Å². The smallest absolute Gasteiger partial charge is 0.410 e. The van der Waals surface area contributed by atoms with E-state index in [0.717, 1.165) is 31.3 Å². The van der Waals surface area contributed by atoms with Gasteiger partial charge in [-0.05, 0) is 20.8 Å². The number of rotatable bonds is 7. The molecule has 2 heterocycles. The summed E-state index contributed by atoms with van der Waals surface area (Å²) in [5.74, 6) is 0.509. The van der Waals surface area contributed by atoms with Gasteiger partial charge >= 0.3 is 6.09 Å². The number of piperazine rings is 1. The summed E-state index contributed by atoms with van der Waals surface area (Å²) >= 11 is 1.64. The fourth-order valence-electron chi connectivity index (χ4n) is 2.71. The number of anilines is 1. The Kier molecular flexibility index (Phi) is 8.31. The van der Waals surface area contributed by atoms with Gasteiger partial charge in [0.2, 0.25) is 0 Å². The third-order valence-corrected chi connectivity index (χ3v) is 4.99. The minimum Gasteiger partial charge on any atom is -0.444 e. The van der Waals surface area contributed by atoms with Gasteiger partial charge in [0, 0.05) is 58.0 Å². The molecule has 1 aromatic heterocycles. The summed E-state index contributed by atoms with van der Waals surface area (Å²) < 4.78 is 10.5. The molecule has 1 aliphatic heterocycles. The highest BCUT2D eigenvalue weighted by molar-refractivity contribution is 7.13. The number of amides is 1. The van der Waals surface area contributed by atoms with Crippen molar-refractivity contribution in [2.24, 2.45) is 10.7 Å². The van der Waals surface area contributed by atoms with E-state index >= 15 is 0 Å². The Morgan fingerprint density at radius 2 is 2.04 bits per heavy atom. The number of ether oxygens (including phenoxy) is 2. The molecule has 0 aliphatic carbocycles. The lowest BCUT2D eigenvalue weighted by Gasteiger charge is -2.35. The van der Waals surface area contributed by atoms with Crippen LogP contribution in [0.4, 0.5) is 9.93 Å². The van der Waals surface area contributed by atoms with Gasteiger partial charge in [0.1, 0.15) is 5.60 Å². The maximum absolute atomic E-state index is 12.3. The summed E-state index contributed by atoms with van der Waals surface area (Å²) in [5, 5.41) is 3.03. The third-order valence-electron chi connectivity index (χ3n) is 4.15. The predicted octanol–water partition coefficient (Wildman–Crippen LogP) is 1.46. The maximum atomic E-state index is 12.3. The van der Waals surface area contributed by atoms with Crippen molar-refractivity contribution < 1.29 is 14.3 Å². The van der Waals surface area contributed by atoms with Crippen molar-refractivity contribution in [3.05, 3.63) is 11.6 Å². The number of hydrogen-bond acceptors (Lipinski definition) is 7. The van der Waals surface area contributed by atoms with E-state index in [9.17, 15) is 4.79 Å². The summed E-state index contributed by atoms with van der Waals surface area (Å²) in [6.45, 7) is 10.6. The van der Waals surface area contributed by atoms with Gasteiger partial charge in [0.15, 0.2) is 11.1 Å². The highest BCUT2D eigenvalue weighted by Gasteiger charge is 2.22. The molecule has 9 nitrogen and oxygen atoms in total. The fourth-order valence-corrected chi connectivity index (χ4v) is 3.40. The molecule has 2 rings (SSSR count). The number of carbonyl (C=O) groups is 1. The van der Waals surface area contributed by atoms with Gasteiger partial charge in [-0.3, -0.25) is 4.99 Å². The standard InChI is InChI=1S/C18H32N6O3S/c1-18(2,3)27-17(25)24(12-13-26-4)7-5-20-15(19)22-8-10-23(11-9-22)16-21-6-14-28-16/h6,14H,5,7-13H2,1-4H3,(H2,19,20). The van der Waals surface area contributed by atoms with Crippen molar-refractivity contribution in [1.29, 1.82) is 0 Å². The second kappa shape index (κ2) is 10.5. The minimum atomic E-state index is -0.540. The molecule has 0 saturated carbocycles. The Morgan fingerprint density at radius 3 is 2.61 bits per heavy atom. The van der Waals surface area contributed by atoms with Crippen molar-refractivity contribution in [2.75, 3.05) is 64.4 Å². The molecule has 1 aromatic rings. The first-order chi connectivity index (χ1) is 13.3. The van der Waals surface area contributed by atoms with E-state index in [1.807, 2.05) is 32.3 Å². The first-order valence-corrected chi connectivity index (χ1v) is 10.3. The van der Waals surface area contributed by atoms with Crippen molar-refractivity contribution in [3.63, 3.8) is 0 Å². The van der Waals surface area contributed by atoms with Crippen LogP contribution in [0, 0.1) is 0 Å². The Hall–Kier alpha value is -2.07. The zero-order chi connectivity index (χ0) is 20.6. The molecular weight excluding hydrogens is 380 g/mol. The van der Waals surface area contributed by atoms with E-state index in [1.54, 1.807) is 23.3 Å². The van der Waals surface area contributed by atoms with E-state index in [-0.39, 0.29) is 6.09 Å². The number of carbonyl (C=O) groups excluding carboxylic acids is 1. The molecule has 158 valence electrons. The zero-order valence-electron chi connectivity index (χ0n) is 17.3. The quantitative estimate of drug-likeness (QED) is 0.535. The summed E-state index contributed by atoms with van der Waals surface area (Å²) in [6.07, 6.45) is 1.46. The fraction of sp³-hybridized carbons (Fsp3) is 0.722. The number of hydrogen-bond donors (Lipinski definition) is 1. The zero-order valence-corrected chi connectivity index (χ0v) is 18.1. The Labute approximate surface area is 171 Å². The molecule has 28 heavy (non-hydrogen) atoms. The Bertz CT molecular complexity index is 624. The first kappa shape index (κ1) is 22.2. The largest absolute Gasteiger partial charge is 0.444 e. The third kappa shape index (κ3) is 7.16. The van der Waals surface area contributed by atoms with Gasteiger partial charge in [-0.2, -0.15) is 0 Å². The summed E-state index contributed by atoms with van der Waals surface area (Å²) in [6, 6.07) is 0. The molecular formula is C18H32N6O3S. The first-order valence-electron chi connectivity index (χ1n) is 9.46. The molecule has 1 fully saturated rings. The monoisotopic (exact) mass is 412 g/mol. The highest BCUT2D eigenvalue weighted by Crippen LogP contribution is 2.18. The van der Waals surface area contributed by atoms with Gasteiger partial charge in [-0.15, -0.1) is 11.3 Å². The highest BCUT2D eigenvalue weighted by atomic mass is 32.1. The van der Waals surface area contributed by atoms with Crippen LogP contribution in [0.25, 0.3) is 0 Å². The maximum Gasteiger partial charge on any atom is 0.410 e. The predicted molar refractivity (Wildman–Crippen MR) is 112 cm³/mol. The summed E-state index contributed by atoms with van der Waals surface area (Å²) in [5.41, 5.74) is 5.62. The number of methoxy groups -OCH3 is 1. The van der Waals surface area contributed by atoms with E-state index in [0.29, 0.717) is 32.2 Å². The van der Waals surface area contributed by atoms with Crippen LogP contribution in [0.1, 0.15) is 20.8 Å². The number of nitrogens with zero attached hydrogens (tertiary/aromatic N) is 5. The molecule has 0 aromatic carbocycles. The molecule has 0 bridgehead atoms. The average molecular weight is 413 g/mol. The normalized spacial score (nSPS) is 15.6. The minimum absolute atomic E-state index is 0.365. The molecule has 1 saturated heterocycles. The van der Waals surface area contributed by atoms with Crippen LogP contribution in [-0.4, -0.2) is 92.0 Å². The lowest BCUT2D eigenvalue weighted by atomic mass is 10.2. The molecule has 0 unspecified atom stereocenters. The molecule has 0 atom stereocenters. The number of aromatic nitrogens is 1. The number of thiazole rings is 1. The molecule has 1 amide bonds. The molecule has 0 spiro atoms. The number of nitrogens with two attached hydrogens (primary N) is 1. The lowest BCUT2D eigenvalue weighted by Crippen LogP contribution is -2.51. The van der Waals surface area contributed by atoms with Crippen molar-refractivity contribution >= 4 is 28.5 Å². The molecule has 10 heteroatoms. The Morgan fingerprint density at radius 1 is 1.32 bits per heavy atom. The van der Waals surface area contributed by atoms with Crippen LogP contribution in [0.15, 0.2) is 16.6 Å². The molecule has 1 aliphatic rings. The van der Waals surface area contributed by atoms with Gasteiger partial charge < -0.3 is 29.9 Å². The van der Waals surface area contributed by atoms with Crippen LogP contribution in [0.3, 0.4) is 0 Å². The Balaban J connectivity index is 1.82. The summed E-state index contributed by atoms with van der Waals surface area (Å²) in [4.78, 5) is 27.1. The second-order valence-corrected chi connectivity index (χ2v) is 8.36. The van der Waals surface area contributed by atoms with Crippen LogP contribution >= 0.6 is 11.3 Å². The SMILES string of the molecule is COCCN(CCN=C(N)N1CCN(c2nccs2)CC1)C(=O)OC(C)(C)C. The number of aliphatic imine (C=N–C) groups is 1. The van der Waals surface area contributed by atoms with Crippen molar-refractivity contribution in [3.8, 4) is 0 Å². The van der Waals surface area contributed by atoms with Crippen LogP contribution in [-0.2, 0) is 9.47 Å². The number of guanidine groups is 1. The lowest BCUT2D eigenvalue weighted by molar-refractivity contribution is 0.0208.